The number of benzene rings is 2. The fraction of sp³-hybridized carbons (Fsp3) is 0.238. The molecule has 2 atom stereocenters. The molecule has 2 unspecified atom stereocenters. The van der Waals surface area contributed by atoms with Crippen LogP contribution in [-0.2, 0) is 9.53 Å². The van der Waals surface area contributed by atoms with E-state index in [1.54, 1.807) is 23.9 Å². The zero-order valence-electron chi connectivity index (χ0n) is 14.9. The van der Waals surface area contributed by atoms with E-state index in [1.165, 1.54) is 0 Å². The van der Waals surface area contributed by atoms with Crippen LogP contribution >= 0.6 is 11.8 Å². The van der Waals surface area contributed by atoms with Crippen LogP contribution in [0.4, 0.5) is 0 Å². The first-order valence-corrected chi connectivity index (χ1v) is 9.87. The number of thioether (sulfide) groups is 1. The number of carbonyl (C=O) groups excluding carboxylic acids is 2. The van der Waals surface area contributed by atoms with Crippen LogP contribution in [0, 0.1) is 6.92 Å². The number of aryl methyl sites for hydroxylation is 1. The molecule has 2 heterocycles. The monoisotopic (exact) mass is 380 g/mol. The van der Waals surface area contributed by atoms with Gasteiger partial charge in [0, 0.05) is 28.4 Å². The van der Waals surface area contributed by atoms with Gasteiger partial charge in [-0.25, -0.2) is 0 Å². The Kier molecular flexibility index (Phi) is 5.01. The number of fused-ring (bicyclic) bond motifs is 1. The number of Topliss-reactive ketones (excluding diaryl/α,β-unsaturated/α-hetero) is 1. The van der Waals surface area contributed by atoms with Crippen LogP contribution in [-0.4, -0.2) is 35.1 Å². The van der Waals surface area contributed by atoms with Crippen molar-refractivity contribution in [1.82, 2.24) is 10.3 Å². The minimum atomic E-state index is -0.417. The molecule has 0 radical (unpaired) electrons. The average Bonchev–Trinajstić information content (AvgIpc) is 3.35. The molecule has 2 aromatic carbocycles. The van der Waals surface area contributed by atoms with Gasteiger partial charge in [-0.2, -0.15) is 0 Å². The molecule has 6 heteroatoms. The maximum atomic E-state index is 12.4. The molecule has 3 aromatic rings. The van der Waals surface area contributed by atoms with E-state index in [0.717, 1.165) is 22.0 Å². The molecule has 138 valence electrons. The van der Waals surface area contributed by atoms with Gasteiger partial charge in [0.2, 0.25) is 0 Å². The number of carbonyl (C=O) groups is 2. The van der Waals surface area contributed by atoms with Crippen molar-refractivity contribution in [3.8, 4) is 0 Å². The summed E-state index contributed by atoms with van der Waals surface area (Å²) in [4.78, 5) is 27.7. The van der Waals surface area contributed by atoms with E-state index < -0.39 is 6.04 Å². The summed E-state index contributed by atoms with van der Waals surface area (Å²) in [6.45, 7) is 1.73. The summed E-state index contributed by atoms with van der Waals surface area (Å²) in [6, 6.07) is 15.0. The highest BCUT2D eigenvalue weighted by Crippen LogP contribution is 2.36. The Hall–Kier alpha value is -2.57. The zero-order chi connectivity index (χ0) is 18.8. The number of nitrogens with one attached hydrogen (secondary N) is 2. The number of aromatic nitrogens is 1. The maximum absolute atomic E-state index is 12.4. The third-order valence-corrected chi connectivity index (χ3v) is 5.95. The topological polar surface area (TPSA) is 71.2 Å². The largest absolute Gasteiger partial charge is 0.456 e. The third-order valence-electron chi connectivity index (χ3n) is 4.70. The molecule has 1 aliphatic heterocycles. The van der Waals surface area contributed by atoms with Crippen LogP contribution in [0.1, 0.15) is 26.9 Å². The highest BCUT2D eigenvalue weighted by Gasteiger charge is 2.32. The first-order valence-electron chi connectivity index (χ1n) is 8.82. The van der Waals surface area contributed by atoms with Crippen molar-refractivity contribution in [2.24, 2.45) is 0 Å². The predicted molar refractivity (Wildman–Crippen MR) is 107 cm³/mol. The molecular formula is C21H20N2O3S. The minimum Gasteiger partial charge on any atom is -0.456 e. The Balaban J connectivity index is 1.36. The van der Waals surface area contributed by atoms with E-state index in [1.807, 2.05) is 43.5 Å². The predicted octanol–water partition coefficient (Wildman–Crippen LogP) is 3.61. The van der Waals surface area contributed by atoms with Crippen molar-refractivity contribution in [2.75, 3.05) is 12.4 Å². The van der Waals surface area contributed by atoms with E-state index in [9.17, 15) is 9.59 Å². The van der Waals surface area contributed by atoms with Gasteiger partial charge in [-0.3, -0.25) is 14.9 Å². The quantitative estimate of drug-likeness (QED) is 0.523. The first-order chi connectivity index (χ1) is 13.1. The zero-order valence-corrected chi connectivity index (χ0v) is 15.7. The van der Waals surface area contributed by atoms with E-state index in [-0.39, 0.29) is 23.7 Å². The molecule has 1 saturated heterocycles. The molecule has 0 bridgehead atoms. The first kappa shape index (κ1) is 17.8. The average molecular weight is 380 g/mol. The summed E-state index contributed by atoms with van der Waals surface area (Å²) < 4.78 is 5.26. The highest BCUT2D eigenvalue weighted by atomic mass is 32.2. The Morgan fingerprint density at radius 1 is 1.15 bits per heavy atom. The van der Waals surface area contributed by atoms with Crippen molar-refractivity contribution in [1.29, 1.82) is 0 Å². The number of ether oxygens (including phenoxy) is 1. The molecule has 0 saturated carbocycles. The summed E-state index contributed by atoms with van der Waals surface area (Å²) in [7, 11) is 0. The van der Waals surface area contributed by atoms with Gasteiger partial charge in [0.05, 0.1) is 5.37 Å². The fourth-order valence-electron chi connectivity index (χ4n) is 3.19. The molecule has 27 heavy (non-hydrogen) atoms. The van der Waals surface area contributed by atoms with Crippen molar-refractivity contribution < 1.29 is 14.3 Å². The Labute approximate surface area is 161 Å². The molecule has 0 amide bonds. The summed E-state index contributed by atoms with van der Waals surface area (Å²) in [6.07, 6.45) is 1.91. The van der Waals surface area contributed by atoms with E-state index in [4.69, 9.17) is 4.74 Å². The number of rotatable bonds is 5. The molecule has 1 fully saturated rings. The lowest BCUT2D eigenvalue weighted by Gasteiger charge is -2.14. The van der Waals surface area contributed by atoms with E-state index in [2.05, 4.69) is 16.4 Å². The van der Waals surface area contributed by atoms with Crippen molar-refractivity contribution in [3.63, 3.8) is 0 Å². The summed E-state index contributed by atoms with van der Waals surface area (Å²) in [5, 5.41) is 4.49. The number of ketones is 1. The van der Waals surface area contributed by atoms with Crippen LogP contribution in [0.5, 0.6) is 0 Å². The van der Waals surface area contributed by atoms with Gasteiger partial charge in [0.15, 0.2) is 12.4 Å². The Morgan fingerprint density at radius 3 is 2.78 bits per heavy atom. The van der Waals surface area contributed by atoms with Crippen molar-refractivity contribution >= 4 is 34.4 Å². The standard InChI is InChI=1S/C21H20N2O3S/c1-13-5-7-14(8-6-13)19(24)11-26-21(25)18-12-27-20(23-18)16-3-2-4-17-15(16)9-10-22-17/h2-10,18,20,22-23H,11-12H2,1H3. The maximum Gasteiger partial charge on any atom is 0.324 e. The van der Waals surface area contributed by atoms with E-state index in [0.29, 0.717) is 11.3 Å². The molecule has 4 rings (SSSR count). The number of hydrogen-bond acceptors (Lipinski definition) is 5. The highest BCUT2D eigenvalue weighted by molar-refractivity contribution is 7.99. The smallest absolute Gasteiger partial charge is 0.324 e. The van der Waals surface area contributed by atoms with Crippen LogP contribution in [0.2, 0.25) is 0 Å². The lowest BCUT2D eigenvalue weighted by Crippen LogP contribution is -2.36. The number of hydrogen-bond donors (Lipinski definition) is 2. The third kappa shape index (κ3) is 3.77. The minimum absolute atomic E-state index is 0.0230. The van der Waals surface area contributed by atoms with Crippen LogP contribution in [0.3, 0.4) is 0 Å². The van der Waals surface area contributed by atoms with Gasteiger partial charge in [-0.05, 0) is 24.6 Å². The lowest BCUT2D eigenvalue weighted by molar-refractivity contribution is -0.144. The molecule has 2 N–H and O–H groups in total. The van der Waals surface area contributed by atoms with Crippen LogP contribution in [0.15, 0.2) is 54.7 Å². The van der Waals surface area contributed by atoms with Crippen LogP contribution in [0.25, 0.3) is 10.9 Å². The van der Waals surface area contributed by atoms with Crippen molar-refractivity contribution in [2.45, 2.75) is 18.3 Å². The molecule has 0 aliphatic carbocycles. The number of aromatic amines is 1. The van der Waals surface area contributed by atoms with E-state index >= 15 is 0 Å². The molecule has 5 nitrogen and oxygen atoms in total. The van der Waals surface area contributed by atoms with Gasteiger partial charge >= 0.3 is 5.97 Å². The summed E-state index contributed by atoms with van der Waals surface area (Å²) in [5.74, 6) is 0.0394. The molecule has 1 aromatic heterocycles. The molecular weight excluding hydrogens is 360 g/mol. The van der Waals surface area contributed by atoms with Gasteiger partial charge in [-0.1, -0.05) is 42.0 Å². The van der Waals surface area contributed by atoms with Gasteiger partial charge in [0.1, 0.15) is 6.04 Å². The second kappa shape index (κ2) is 7.58. The number of H-pyrrole nitrogens is 1. The summed E-state index contributed by atoms with van der Waals surface area (Å²) in [5.41, 5.74) is 3.85. The van der Waals surface area contributed by atoms with Gasteiger partial charge in [-0.15, -0.1) is 11.8 Å². The Morgan fingerprint density at radius 2 is 1.96 bits per heavy atom. The number of esters is 1. The summed E-state index contributed by atoms with van der Waals surface area (Å²) >= 11 is 1.67. The van der Waals surface area contributed by atoms with Gasteiger partial charge < -0.3 is 9.72 Å². The van der Waals surface area contributed by atoms with Crippen molar-refractivity contribution in [3.05, 3.63) is 71.4 Å². The normalized spacial score (nSPS) is 19.3. The molecule has 0 spiro atoms. The van der Waals surface area contributed by atoms with Gasteiger partial charge in [0.25, 0.3) is 0 Å². The fourth-order valence-corrected chi connectivity index (χ4v) is 4.45. The van der Waals surface area contributed by atoms with Crippen LogP contribution < -0.4 is 5.32 Å². The lowest BCUT2D eigenvalue weighted by atomic mass is 10.1. The molecule has 1 aliphatic rings. The SMILES string of the molecule is Cc1ccc(C(=O)COC(=O)C2CSC(c3cccc4[nH]ccc34)N2)cc1. The second-order valence-corrected chi connectivity index (χ2v) is 7.75. The Bertz CT molecular complexity index is 981. The second-order valence-electron chi connectivity index (χ2n) is 6.62.